The maximum Gasteiger partial charge on any atom is 0.325 e. The molecular formula is C11H15NO4. The van der Waals surface area contributed by atoms with Crippen LogP contribution in [0.1, 0.15) is 26.2 Å². The van der Waals surface area contributed by atoms with E-state index < -0.39 is 5.72 Å². The molecule has 0 spiro atoms. The average molecular weight is 225 g/mol. The van der Waals surface area contributed by atoms with E-state index in [2.05, 4.69) is 4.90 Å². The summed E-state index contributed by atoms with van der Waals surface area (Å²) in [6.07, 6.45) is 2.24. The Kier molecular flexibility index (Phi) is 1.87. The van der Waals surface area contributed by atoms with E-state index in [1.165, 1.54) is 7.11 Å². The second-order valence-electron chi connectivity index (χ2n) is 5.00. The molecule has 88 valence electrons. The van der Waals surface area contributed by atoms with Crippen LogP contribution in [0.15, 0.2) is 0 Å². The molecule has 3 rings (SSSR count). The Hall–Kier alpha value is -1.10. The SMILES string of the molecule is COC(=O)[C@H]1C[C@]2(C)OC(=O)[C@@H]3CC[C@H]1N32. The molecule has 16 heavy (non-hydrogen) atoms. The maximum absolute atomic E-state index is 11.7. The van der Waals surface area contributed by atoms with Crippen molar-refractivity contribution in [3.63, 3.8) is 0 Å². The van der Waals surface area contributed by atoms with Crippen molar-refractivity contribution in [1.82, 2.24) is 4.90 Å². The molecule has 0 radical (unpaired) electrons. The van der Waals surface area contributed by atoms with Crippen molar-refractivity contribution in [2.24, 2.45) is 5.92 Å². The molecule has 0 aliphatic carbocycles. The highest BCUT2D eigenvalue weighted by Crippen LogP contribution is 2.51. The number of methoxy groups -OCH3 is 1. The summed E-state index contributed by atoms with van der Waals surface area (Å²) in [6.45, 7) is 1.90. The van der Waals surface area contributed by atoms with Crippen molar-refractivity contribution >= 4 is 11.9 Å². The lowest BCUT2D eigenvalue weighted by atomic mass is 9.96. The quantitative estimate of drug-likeness (QED) is 0.600. The lowest BCUT2D eigenvalue weighted by Gasteiger charge is -2.26. The first-order chi connectivity index (χ1) is 7.57. The molecule has 0 aromatic carbocycles. The molecule has 3 saturated heterocycles. The van der Waals surface area contributed by atoms with E-state index in [1.807, 2.05) is 6.92 Å². The summed E-state index contributed by atoms with van der Waals surface area (Å²) in [5.74, 6) is -0.460. The van der Waals surface area contributed by atoms with Gasteiger partial charge in [-0.2, -0.15) is 0 Å². The maximum atomic E-state index is 11.7. The van der Waals surface area contributed by atoms with E-state index in [9.17, 15) is 9.59 Å². The Morgan fingerprint density at radius 1 is 1.56 bits per heavy atom. The minimum Gasteiger partial charge on any atom is -0.469 e. The van der Waals surface area contributed by atoms with Crippen LogP contribution in [0.4, 0.5) is 0 Å². The Labute approximate surface area is 93.7 Å². The van der Waals surface area contributed by atoms with Gasteiger partial charge in [-0.25, -0.2) is 4.90 Å². The number of carbonyl (C=O) groups excluding carboxylic acids is 2. The molecule has 3 heterocycles. The molecule has 0 unspecified atom stereocenters. The van der Waals surface area contributed by atoms with Gasteiger partial charge >= 0.3 is 11.9 Å². The first-order valence-electron chi connectivity index (χ1n) is 5.66. The second-order valence-corrected chi connectivity index (χ2v) is 5.00. The minimum atomic E-state index is -0.582. The predicted octanol–water partition coefficient (Wildman–Crippen LogP) is 0.285. The molecule has 0 aromatic heterocycles. The predicted molar refractivity (Wildman–Crippen MR) is 53.3 cm³/mol. The van der Waals surface area contributed by atoms with Crippen molar-refractivity contribution in [3.8, 4) is 0 Å². The molecule has 0 N–H and O–H groups in total. The first kappa shape index (κ1) is 10.1. The lowest BCUT2D eigenvalue weighted by molar-refractivity contribution is -0.153. The van der Waals surface area contributed by atoms with Gasteiger partial charge in [0, 0.05) is 12.5 Å². The third kappa shape index (κ3) is 1.04. The Morgan fingerprint density at radius 3 is 3.00 bits per heavy atom. The molecule has 5 heteroatoms. The van der Waals surface area contributed by atoms with Crippen LogP contribution in [0.2, 0.25) is 0 Å². The fourth-order valence-corrected chi connectivity index (χ4v) is 3.57. The van der Waals surface area contributed by atoms with Gasteiger partial charge in [0.05, 0.1) is 13.0 Å². The number of esters is 2. The van der Waals surface area contributed by atoms with E-state index in [1.54, 1.807) is 0 Å². The highest BCUT2D eigenvalue weighted by atomic mass is 16.6. The molecule has 3 aliphatic heterocycles. The zero-order valence-corrected chi connectivity index (χ0v) is 9.43. The number of hydrogen-bond acceptors (Lipinski definition) is 5. The fourth-order valence-electron chi connectivity index (χ4n) is 3.57. The number of ether oxygens (including phenoxy) is 2. The standard InChI is InChI=1S/C11H15NO4/c1-11-5-6(9(13)15-2)7-3-4-8(12(7)11)10(14)16-11/h6-8H,3-5H2,1-2H3/t6-,7+,8-,11-/m0/s1. The van der Waals surface area contributed by atoms with Crippen molar-refractivity contribution < 1.29 is 19.1 Å². The molecule has 0 amide bonds. The number of carbonyl (C=O) groups is 2. The highest BCUT2D eigenvalue weighted by Gasteiger charge is 2.65. The average Bonchev–Trinajstić information content (AvgIpc) is 2.84. The van der Waals surface area contributed by atoms with Crippen molar-refractivity contribution in [3.05, 3.63) is 0 Å². The van der Waals surface area contributed by atoms with E-state index >= 15 is 0 Å². The van der Waals surface area contributed by atoms with E-state index in [0.29, 0.717) is 6.42 Å². The Balaban J connectivity index is 1.94. The number of nitrogens with zero attached hydrogens (tertiary/aromatic N) is 1. The summed E-state index contributed by atoms with van der Waals surface area (Å²) in [6, 6.07) is -0.0152. The smallest absolute Gasteiger partial charge is 0.325 e. The van der Waals surface area contributed by atoms with Crippen LogP contribution in [0, 0.1) is 5.92 Å². The minimum absolute atomic E-state index is 0.119. The molecule has 3 fully saturated rings. The van der Waals surface area contributed by atoms with Crippen LogP contribution in [0.3, 0.4) is 0 Å². The van der Waals surface area contributed by atoms with Gasteiger partial charge in [-0.1, -0.05) is 0 Å². The largest absolute Gasteiger partial charge is 0.469 e. The topological polar surface area (TPSA) is 55.8 Å². The van der Waals surface area contributed by atoms with Crippen LogP contribution in [-0.4, -0.2) is 41.8 Å². The lowest BCUT2D eigenvalue weighted by Crippen LogP contribution is -2.41. The van der Waals surface area contributed by atoms with Gasteiger partial charge in [-0.15, -0.1) is 0 Å². The monoisotopic (exact) mass is 225 g/mol. The molecule has 0 aromatic rings. The first-order valence-corrected chi connectivity index (χ1v) is 5.66. The summed E-state index contributed by atoms with van der Waals surface area (Å²) in [5, 5.41) is 0. The molecule has 4 atom stereocenters. The van der Waals surface area contributed by atoms with Gasteiger partial charge in [-0.05, 0) is 19.8 Å². The van der Waals surface area contributed by atoms with Crippen LogP contribution in [0.5, 0.6) is 0 Å². The second kappa shape index (κ2) is 2.97. The number of rotatable bonds is 1. The highest BCUT2D eigenvalue weighted by molar-refractivity contribution is 5.81. The van der Waals surface area contributed by atoms with Crippen LogP contribution in [-0.2, 0) is 19.1 Å². The van der Waals surface area contributed by atoms with Crippen molar-refractivity contribution in [2.45, 2.75) is 44.0 Å². The molecule has 3 aliphatic rings. The molecular weight excluding hydrogens is 210 g/mol. The van der Waals surface area contributed by atoms with E-state index in [-0.39, 0.29) is 29.9 Å². The van der Waals surface area contributed by atoms with Gasteiger partial charge in [0.15, 0.2) is 5.72 Å². The number of hydrogen-bond donors (Lipinski definition) is 0. The summed E-state index contributed by atoms with van der Waals surface area (Å²) in [7, 11) is 1.41. The zero-order chi connectivity index (χ0) is 11.5. The molecule has 0 bridgehead atoms. The Morgan fingerprint density at radius 2 is 2.31 bits per heavy atom. The summed E-state index contributed by atoms with van der Waals surface area (Å²) < 4.78 is 10.2. The summed E-state index contributed by atoms with van der Waals surface area (Å²) in [5.41, 5.74) is -0.582. The fraction of sp³-hybridized carbons (Fsp3) is 0.818. The van der Waals surface area contributed by atoms with Crippen molar-refractivity contribution in [2.75, 3.05) is 7.11 Å². The van der Waals surface area contributed by atoms with Gasteiger partial charge in [0.25, 0.3) is 0 Å². The summed E-state index contributed by atoms with van der Waals surface area (Å²) in [4.78, 5) is 25.4. The van der Waals surface area contributed by atoms with Crippen LogP contribution in [0.25, 0.3) is 0 Å². The third-order valence-electron chi connectivity index (χ3n) is 4.13. The van der Waals surface area contributed by atoms with Gasteiger partial charge in [-0.3, -0.25) is 9.59 Å². The summed E-state index contributed by atoms with van der Waals surface area (Å²) >= 11 is 0. The van der Waals surface area contributed by atoms with Gasteiger partial charge in [0.2, 0.25) is 0 Å². The molecule has 0 saturated carbocycles. The van der Waals surface area contributed by atoms with Crippen LogP contribution < -0.4 is 0 Å². The molecule has 5 nitrogen and oxygen atoms in total. The zero-order valence-electron chi connectivity index (χ0n) is 9.43. The van der Waals surface area contributed by atoms with Gasteiger partial charge < -0.3 is 9.47 Å². The normalized spacial score (nSPS) is 45.6. The van der Waals surface area contributed by atoms with Crippen LogP contribution >= 0.6 is 0 Å². The van der Waals surface area contributed by atoms with Gasteiger partial charge in [0.1, 0.15) is 6.04 Å². The van der Waals surface area contributed by atoms with Crippen molar-refractivity contribution in [1.29, 1.82) is 0 Å². The van der Waals surface area contributed by atoms with E-state index in [4.69, 9.17) is 9.47 Å². The third-order valence-corrected chi connectivity index (χ3v) is 4.13. The Bertz CT molecular complexity index is 369. The van der Waals surface area contributed by atoms with E-state index in [0.717, 1.165) is 12.8 Å².